The molecule has 2 aromatic carbocycles. The number of anilines is 2. The van der Waals surface area contributed by atoms with Crippen molar-refractivity contribution < 1.29 is 17.9 Å². The summed E-state index contributed by atoms with van der Waals surface area (Å²) in [5.41, 5.74) is 1.31. The standard InChI is InChI=1S/C20H23Cl2N3O4S/c1-29-19-7-6-17(13-18(19)22)25(30(2,27)28)14-20(26)24-10-8-23(9-11-24)16-5-3-4-15(21)12-16/h3-7,12-13H,8-11,14H2,1-2H3. The molecule has 0 aliphatic carbocycles. The molecule has 0 radical (unpaired) electrons. The predicted octanol–water partition coefficient (Wildman–Crippen LogP) is 3.12. The van der Waals surface area contributed by atoms with E-state index in [-0.39, 0.29) is 17.5 Å². The zero-order valence-electron chi connectivity index (χ0n) is 16.7. The summed E-state index contributed by atoms with van der Waals surface area (Å²) in [5, 5.41) is 0.930. The molecule has 0 unspecified atom stereocenters. The van der Waals surface area contributed by atoms with Gasteiger partial charge in [-0.1, -0.05) is 29.3 Å². The van der Waals surface area contributed by atoms with E-state index in [9.17, 15) is 13.2 Å². The van der Waals surface area contributed by atoms with E-state index in [1.807, 2.05) is 24.3 Å². The molecule has 1 amide bonds. The van der Waals surface area contributed by atoms with Gasteiger partial charge in [0.2, 0.25) is 15.9 Å². The average Bonchev–Trinajstić information content (AvgIpc) is 2.71. The number of methoxy groups -OCH3 is 1. The molecule has 0 aromatic heterocycles. The summed E-state index contributed by atoms with van der Waals surface area (Å²) in [7, 11) is -2.21. The number of piperazine rings is 1. The number of hydrogen-bond donors (Lipinski definition) is 0. The van der Waals surface area contributed by atoms with Crippen LogP contribution >= 0.6 is 23.2 Å². The van der Waals surface area contributed by atoms with Gasteiger partial charge >= 0.3 is 0 Å². The van der Waals surface area contributed by atoms with Crippen molar-refractivity contribution in [3.05, 3.63) is 52.5 Å². The first-order valence-electron chi connectivity index (χ1n) is 9.28. The van der Waals surface area contributed by atoms with Gasteiger partial charge in [-0.05, 0) is 36.4 Å². The summed E-state index contributed by atoms with van der Waals surface area (Å²) in [4.78, 5) is 16.7. The average molecular weight is 472 g/mol. The Morgan fingerprint density at radius 2 is 1.80 bits per heavy atom. The number of amides is 1. The fraction of sp³-hybridized carbons (Fsp3) is 0.350. The topological polar surface area (TPSA) is 70.2 Å². The van der Waals surface area contributed by atoms with Crippen LogP contribution in [0.1, 0.15) is 0 Å². The molecule has 1 fully saturated rings. The Morgan fingerprint density at radius 1 is 1.10 bits per heavy atom. The van der Waals surface area contributed by atoms with Gasteiger partial charge in [0.1, 0.15) is 12.3 Å². The lowest BCUT2D eigenvalue weighted by atomic mass is 10.2. The molecule has 10 heteroatoms. The first kappa shape index (κ1) is 22.5. The molecule has 0 saturated carbocycles. The lowest BCUT2D eigenvalue weighted by Crippen LogP contribution is -2.52. The molecular formula is C20H23Cl2N3O4S. The molecule has 1 heterocycles. The van der Waals surface area contributed by atoms with Crippen LogP contribution in [0.4, 0.5) is 11.4 Å². The van der Waals surface area contributed by atoms with Crippen molar-refractivity contribution in [2.75, 3.05) is 55.3 Å². The van der Waals surface area contributed by atoms with Gasteiger partial charge in [0.05, 0.1) is 24.1 Å². The Morgan fingerprint density at radius 3 is 2.37 bits per heavy atom. The number of ether oxygens (including phenoxy) is 1. The van der Waals surface area contributed by atoms with Gasteiger partial charge < -0.3 is 14.5 Å². The van der Waals surface area contributed by atoms with Crippen LogP contribution in [0.15, 0.2) is 42.5 Å². The van der Waals surface area contributed by atoms with E-state index in [2.05, 4.69) is 4.90 Å². The summed E-state index contributed by atoms with van der Waals surface area (Å²) >= 11 is 12.2. The fourth-order valence-corrected chi connectivity index (χ4v) is 4.60. The van der Waals surface area contributed by atoms with E-state index in [4.69, 9.17) is 27.9 Å². The van der Waals surface area contributed by atoms with Crippen LogP contribution in [0, 0.1) is 0 Å². The smallest absolute Gasteiger partial charge is 0.243 e. The van der Waals surface area contributed by atoms with Crippen molar-refractivity contribution in [3.63, 3.8) is 0 Å². The summed E-state index contributed by atoms with van der Waals surface area (Å²) in [6.45, 7) is 1.97. The van der Waals surface area contributed by atoms with Crippen LogP contribution in [0.3, 0.4) is 0 Å². The number of carbonyl (C=O) groups excluding carboxylic acids is 1. The monoisotopic (exact) mass is 471 g/mol. The minimum absolute atomic E-state index is 0.266. The molecule has 7 nitrogen and oxygen atoms in total. The molecule has 1 saturated heterocycles. The number of halogens is 2. The first-order valence-corrected chi connectivity index (χ1v) is 11.9. The van der Waals surface area contributed by atoms with Crippen LogP contribution in [0.5, 0.6) is 5.75 Å². The molecule has 1 aliphatic rings. The van der Waals surface area contributed by atoms with E-state index in [0.717, 1.165) is 16.2 Å². The van der Waals surface area contributed by atoms with Crippen molar-refractivity contribution in [1.82, 2.24) is 4.90 Å². The van der Waals surface area contributed by atoms with Crippen LogP contribution in [0.25, 0.3) is 0 Å². The second kappa shape index (κ2) is 9.32. The largest absolute Gasteiger partial charge is 0.495 e. The van der Waals surface area contributed by atoms with Crippen LogP contribution in [-0.4, -0.2) is 65.3 Å². The van der Waals surface area contributed by atoms with Crippen LogP contribution < -0.4 is 13.9 Å². The molecule has 0 atom stereocenters. The molecule has 2 aromatic rings. The molecule has 162 valence electrons. The SMILES string of the molecule is COc1ccc(N(CC(=O)N2CCN(c3cccc(Cl)c3)CC2)S(C)(=O)=O)cc1Cl. The summed E-state index contributed by atoms with van der Waals surface area (Å²) in [6.07, 6.45) is 1.06. The molecular weight excluding hydrogens is 449 g/mol. The highest BCUT2D eigenvalue weighted by Crippen LogP contribution is 2.30. The highest BCUT2D eigenvalue weighted by molar-refractivity contribution is 7.92. The third kappa shape index (κ3) is 5.30. The van der Waals surface area contributed by atoms with Gasteiger partial charge in [0, 0.05) is 36.9 Å². The molecule has 1 aliphatic heterocycles. The maximum Gasteiger partial charge on any atom is 0.243 e. The van der Waals surface area contributed by atoms with Crippen molar-refractivity contribution in [2.24, 2.45) is 0 Å². The number of sulfonamides is 1. The van der Waals surface area contributed by atoms with E-state index in [0.29, 0.717) is 42.6 Å². The van der Waals surface area contributed by atoms with Crippen molar-refractivity contribution >= 4 is 50.5 Å². The van der Waals surface area contributed by atoms with Gasteiger partial charge in [0.15, 0.2) is 0 Å². The highest BCUT2D eigenvalue weighted by Gasteiger charge is 2.27. The van der Waals surface area contributed by atoms with Crippen LogP contribution in [-0.2, 0) is 14.8 Å². The second-order valence-electron chi connectivity index (χ2n) is 6.94. The molecule has 3 rings (SSSR count). The van der Waals surface area contributed by atoms with E-state index < -0.39 is 10.0 Å². The Hall–Kier alpha value is -2.16. The van der Waals surface area contributed by atoms with Crippen LogP contribution in [0.2, 0.25) is 10.0 Å². The molecule has 30 heavy (non-hydrogen) atoms. The fourth-order valence-electron chi connectivity index (χ4n) is 3.32. The maximum atomic E-state index is 12.9. The number of carbonyl (C=O) groups is 1. The van der Waals surface area contributed by atoms with Crippen molar-refractivity contribution in [1.29, 1.82) is 0 Å². The summed E-state index contributed by atoms with van der Waals surface area (Å²) < 4.78 is 30.9. The van der Waals surface area contributed by atoms with Gasteiger partial charge in [0.25, 0.3) is 0 Å². The molecule has 0 N–H and O–H groups in total. The Kier molecular flexibility index (Phi) is 7.00. The lowest BCUT2D eigenvalue weighted by Gasteiger charge is -2.37. The maximum absolute atomic E-state index is 12.9. The Labute approximate surface area is 186 Å². The molecule has 0 spiro atoms. The Balaban J connectivity index is 1.69. The zero-order valence-corrected chi connectivity index (χ0v) is 19.0. The van der Waals surface area contributed by atoms with E-state index in [1.165, 1.54) is 13.2 Å². The number of rotatable bonds is 6. The predicted molar refractivity (Wildman–Crippen MR) is 120 cm³/mol. The summed E-state index contributed by atoms with van der Waals surface area (Å²) in [5.74, 6) is 0.162. The van der Waals surface area contributed by atoms with E-state index in [1.54, 1.807) is 17.0 Å². The van der Waals surface area contributed by atoms with Gasteiger partial charge in [-0.15, -0.1) is 0 Å². The number of benzene rings is 2. The minimum atomic E-state index is -3.69. The first-order chi connectivity index (χ1) is 14.2. The lowest BCUT2D eigenvalue weighted by molar-refractivity contribution is -0.129. The minimum Gasteiger partial charge on any atom is -0.495 e. The summed E-state index contributed by atoms with van der Waals surface area (Å²) in [6, 6.07) is 12.2. The zero-order chi connectivity index (χ0) is 21.9. The van der Waals surface area contributed by atoms with Gasteiger partial charge in [-0.3, -0.25) is 9.10 Å². The number of nitrogens with zero attached hydrogens (tertiary/aromatic N) is 3. The van der Waals surface area contributed by atoms with Crippen molar-refractivity contribution in [3.8, 4) is 5.75 Å². The normalized spacial score (nSPS) is 14.5. The second-order valence-corrected chi connectivity index (χ2v) is 9.69. The number of hydrogen-bond acceptors (Lipinski definition) is 5. The highest BCUT2D eigenvalue weighted by atomic mass is 35.5. The third-order valence-corrected chi connectivity index (χ3v) is 6.58. The third-order valence-electron chi connectivity index (χ3n) is 4.91. The Bertz CT molecular complexity index is 1020. The van der Waals surface area contributed by atoms with Crippen molar-refractivity contribution in [2.45, 2.75) is 0 Å². The van der Waals surface area contributed by atoms with Gasteiger partial charge in [-0.25, -0.2) is 8.42 Å². The quantitative estimate of drug-likeness (QED) is 0.647. The van der Waals surface area contributed by atoms with E-state index >= 15 is 0 Å². The van der Waals surface area contributed by atoms with Gasteiger partial charge in [-0.2, -0.15) is 0 Å². The molecule has 0 bridgehead atoms.